The van der Waals surface area contributed by atoms with Crippen LogP contribution in [0.15, 0.2) is 108 Å². The first-order chi connectivity index (χ1) is 18.4. The highest BCUT2D eigenvalue weighted by atomic mass is 32.2. The minimum atomic E-state index is -3.80. The molecule has 1 aliphatic carbocycles. The van der Waals surface area contributed by atoms with Crippen LogP contribution in [0.5, 0.6) is 0 Å². The Kier molecular flexibility index (Phi) is 6.16. The van der Waals surface area contributed by atoms with Crippen molar-refractivity contribution in [3.63, 3.8) is 0 Å². The van der Waals surface area contributed by atoms with E-state index < -0.39 is 22.2 Å². The summed E-state index contributed by atoms with van der Waals surface area (Å²) >= 11 is 0. The van der Waals surface area contributed by atoms with Crippen LogP contribution in [-0.4, -0.2) is 60.9 Å². The van der Waals surface area contributed by atoms with E-state index in [4.69, 9.17) is 0 Å². The molecule has 2 aliphatic heterocycles. The molecule has 1 saturated heterocycles. The molecule has 0 aromatic heterocycles. The Morgan fingerprint density at radius 3 is 1.95 bits per heavy atom. The third-order valence-corrected chi connectivity index (χ3v) is 9.68. The van der Waals surface area contributed by atoms with Crippen molar-refractivity contribution in [1.82, 2.24) is 13.5 Å². The van der Waals surface area contributed by atoms with Gasteiger partial charge >= 0.3 is 10.2 Å². The van der Waals surface area contributed by atoms with E-state index in [0.29, 0.717) is 12.2 Å². The molecule has 4 atom stereocenters. The first-order valence-corrected chi connectivity index (χ1v) is 14.2. The Labute approximate surface area is 223 Å². The Balaban J connectivity index is 1.46. The van der Waals surface area contributed by atoms with Crippen molar-refractivity contribution >= 4 is 22.5 Å². The van der Waals surface area contributed by atoms with Crippen LogP contribution in [-0.2, 0) is 15.0 Å². The Morgan fingerprint density at radius 2 is 1.39 bits per heavy atom. The normalized spacial score (nSPS) is 24.6. The van der Waals surface area contributed by atoms with Crippen LogP contribution < -0.4 is 0 Å². The van der Waals surface area contributed by atoms with Crippen LogP contribution in [0.1, 0.15) is 28.7 Å². The molecule has 194 valence electrons. The summed E-state index contributed by atoms with van der Waals surface area (Å²) in [5.41, 5.74) is 3.74. The predicted molar refractivity (Wildman–Crippen MR) is 147 cm³/mol. The number of fused-ring (bicyclic) bond motifs is 2. The molecule has 2 heterocycles. The number of benzene rings is 3. The van der Waals surface area contributed by atoms with Crippen LogP contribution in [0.2, 0.25) is 0 Å². The van der Waals surface area contributed by atoms with Crippen molar-refractivity contribution in [2.75, 3.05) is 20.6 Å². The number of carbonyl (C=O) groups is 1. The van der Waals surface area contributed by atoms with Crippen molar-refractivity contribution in [3.8, 4) is 0 Å². The number of aliphatic imine (C=N–C) groups is 1. The number of rotatable bonds is 6. The lowest BCUT2D eigenvalue weighted by Crippen LogP contribution is -2.49. The third-order valence-electron chi connectivity index (χ3n) is 7.90. The van der Waals surface area contributed by atoms with Crippen LogP contribution in [0.3, 0.4) is 0 Å². The highest BCUT2D eigenvalue weighted by Gasteiger charge is 2.56. The summed E-state index contributed by atoms with van der Waals surface area (Å²) in [6.07, 6.45) is 3.43. The van der Waals surface area contributed by atoms with Gasteiger partial charge in [0.15, 0.2) is 0 Å². The van der Waals surface area contributed by atoms with Gasteiger partial charge in [-0.05, 0) is 16.7 Å². The minimum absolute atomic E-state index is 0.0333. The van der Waals surface area contributed by atoms with Crippen molar-refractivity contribution in [2.45, 2.75) is 18.0 Å². The summed E-state index contributed by atoms with van der Waals surface area (Å²) in [6, 6.07) is 29.2. The fourth-order valence-corrected chi connectivity index (χ4v) is 7.27. The Morgan fingerprint density at radius 1 is 0.842 bits per heavy atom. The summed E-state index contributed by atoms with van der Waals surface area (Å²) in [7, 11) is -0.769. The molecule has 1 amide bonds. The Bertz CT molecular complexity index is 1450. The van der Waals surface area contributed by atoms with Gasteiger partial charge in [0.1, 0.15) is 6.34 Å². The highest BCUT2D eigenvalue weighted by Crippen LogP contribution is 2.51. The van der Waals surface area contributed by atoms with E-state index in [9.17, 15) is 13.2 Å². The van der Waals surface area contributed by atoms with Crippen LogP contribution in [0, 0.1) is 11.8 Å². The van der Waals surface area contributed by atoms with E-state index >= 15 is 0 Å². The summed E-state index contributed by atoms with van der Waals surface area (Å²) in [5.74, 6) is -0.843. The van der Waals surface area contributed by atoms with Crippen LogP contribution in [0.4, 0.5) is 0 Å². The molecule has 0 N–H and O–H groups in total. The van der Waals surface area contributed by atoms with E-state index in [-0.39, 0.29) is 23.8 Å². The summed E-state index contributed by atoms with van der Waals surface area (Å²) < 4.78 is 29.2. The van der Waals surface area contributed by atoms with Gasteiger partial charge in [-0.25, -0.2) is 9.30 Å². The zero-order valence-electron chi connectivity index (χ0n) is 21.3. The van der Waals surface area contributed by atoms with E-state index in [1.54, 1.807) is 0 Å². The molecule has 3 aliphatic rings. The van der Waals surface area contributed by atoms with Crippen molar-refractivity contribution in [1.29, 1.82) is 0 Å². The topological polar surface area (TPSA) is 73.3 Å². The van der Waals surface area contributed by atoms with Gasteiger partial charge in [0.25, 0.3) is 0 Å². The molecule has 8 heteroatoms. The number of carbonyl (C=O) groups excluding carboxylic acids is 1. The van der Waals surface area contributed by atoms with E-state index in [0.717, 1.165) is 16.7 Å². The zero-order chi connectivity index (χ0) is 26.4. The van der Waals surface area contributed by atoms with Gasteiger partial charge in [-0.15, -0.1) is 0 Å². The molecule has 7 nitrogen and oxygen atoms in total. The maximum atomic E-state index is 14.5. The quantitative estimate of drug-likeness (QED) is 0.487. The maximum Gasteiger partial charge on any atom is 0.304 e. The number of hydrogen-bond acceptors (Lipinski definition) is 4. The molecule has 0 radical (unpaired) electrons. The van der Waals surface area contributed by atoms with Crippen molar-refractivity contribution in [3.05, 3.63) is 119 Å². The molecule has 0 bridgehead atoms. The second-order valence-electron chi connectivity index (χ2n) is 10.2. The molecule has 0 saturated carbocycles. The van der Waals surface area contributed by atoms with Crippen LogP contribution in [0.25, 0.3) is 0 Å². The lowest BCUT2D eigenvalue weighted by atomic mass is 9.70. The van der Waals surface area contributed by atoms with E-state index in [1.807, 2.05) is 77.7 Å². The van der Waals surface area contributed by atoms with Gasteiger partial charge in [0.05, 0.1) is 23.7 Å². The number of hydrogen-bond donors (Lipinski definition) is 0. The van der Waals surface area contributed by atoms with E-state index in [2.05, 4.69) is 29.3 Å². The van der Waals surface area contributed by atoms with Gasteiger partial charge in [0, 0.05) is 32.5 Å². The van der Waals surface area contributed by atoms with Crippen molar-refractivity contribution in [2.24, 2.45) is 16.8 Å². The minimum Gasteiger partial charge on any atom is -0.331 e. The molecule has 0 unspecified atom stereocenters. The van der Waals surface area contributed by atoms with Gasteiger partial charge in [-0.1, -0.05) is 97.1 Å². The van der Waals surface area contributed by atoms with E-state index in [1.165, 1.54) is 29.0 Å². The maximum absolute atomic E-state index is 14.5. The first-order valence-electron chi connectivity index (χ1n) is 12.8. The number of nitrogens with zero attached hydrogens (tertiary/aromatic N) is 4. The van der Waals surface area contributed by atoms with Crippen molar-refractivity contribution < 1.29 is 13.2 Å². The standard InChI is InChI=1S/C30H30N4O3S/c1-32(2)38(36,37)34-20-31-25-18-24-19-33(28(22-14-8-4-9-15-22)23-16-10-5-11-17-23)30(35)27(24)26(29(25)34)21-12-6-3-7-13-21/h3-18,20,24,26-29H,19H2,1-2H3/t24-,26+,27-,29-/m1/s1. The lowest BCUT2D eigenvalue weighted by molar-refractivity contribution is -0.133. The molecule has 3 aromatic rings. The van der Waals surface area contributed by atoms with Gasteiger partial charge in [0.2, 0.25) is 5.91 Å². The molecular weight excluding hydrogens is 496 g/mol. The second-order valence-corrected chi connectivity index (χ2v) is 12.3. The number of likely N-dealkylation sites (tertiary alicyclic amines) is 1. The summed E-state index contributed by atoms with van der Waals surface area (Å²) in [4.78, 5) is 21.0. The molecule has 6 rings (SSSR count). The van der Waals surface area contributed by atoms with Gasteiger partial charge < -0.3 is 4.90 Å². The zero-order valence-corrected chi connectivity index (χ0v) is 22.1. The average Bonchev–Trinajstić information content (AvgIpc) is 3.51. The fraction of sp³-hybridized carbons (Fsp3) is 0.267. The lowest BCUT2D eigenvalue weighted by Gasteiger charge is -2.39. The van der Waals surface area contributed by atoms with Crippen LogP contribution >= 0.6 is 0 Å². The molecule has 1 fully saturated rings. The average molecular weight is 527 g/mol. The third kappa shape index (κ3) is 3.95. The first kappa shape index (κ1) is 24.6. The second kappa shape index (κ2) is 9.53. The molecule has 38 heavy (non-hydrogen) atoms. The SMILES string of the molecule is CN(C)S(=O)(=O)N1C=NC2=C[C@@H]3CN(C(c4ccccc4)c4ccccc4)C(=O)[C@H]3[C@H](c3ccccc3)[C@@H]21. The predicted octanol–water partition coefficient (Wildman–Crippen LogP) is 4.05. The fourth-order valence-electron chi connectivity index (χ4n) is 6.20. The largest absolute Gasteiger partial charge is 0.331 e. The number of amides is 1. The molecule has 0 spiro atoms. The highest BCUT2D eigenvalue weighted by molar-refractivity contribution is 7.87. The molecule has 3 aromatic carbocycles. The summed E-state index contributed by atoms with van der Waals surface area (Å²) in [5, 5.41) is 0. The monoisotopic (exact) mass is 526 g/mol. The summed E-state index contributed by atoms with van der Waals surface area (Å²) in [6.45, 7) is 0.535. The Hall–Kier alpha value is -3.75. The van der Waals surface area contributed by atoms with Gasteiger partial charge in [-0.2, -0.15) is 12.7 Å². The smallest absolute Gasteiger partial charge is 0.304 e. The van der Waals surface area contributed by atoms with Gasteiger partial charge in [-0.3, -0.25) is 4.79 Å². The molecular formula is C30H30N4O3S.